The van der Waals surface area contributed by atoms with Crippen LogP contribution in [0.4, 0.5) is 0 Å². The topological polar surface area (TPSA) is 47.4 Å². The molecule has 1 aliphatic heterocycles. The number of aromatic nitrogens is 2. The molecule has 4 rings (SSSR count). The quantitative estimate of drug-likeness (QED) is 0.571. The zero-order valence-electron chi connectivity index (χ0n) is 17.1. The molecule has 0 unspecified atom stereocenters. The van der Waals surface area contributed by atoms with E-state index < -0.39 is 5.41 Å². The van der Waals surface area contributed by atoms with Gasteiger partial charge in [-0.15, -0.1) is 5.06 Å². The highest BCUT2D eigenvalue weighted by molar-refractivity contribution is 6.30. The van der Waals surface area contributed by atoms with E-state index in [2.05, 4.69) is 21.8 Å². The standard InChI is InChI=1S/C23H26ClN3O2/c1-23(2,3)22(28)29-26-12-9-18(10-13-26)27-15-20(16-4-6-17(24)7-5-16)19-14-25-11-8-21(19)27/h4-8,11,14-15,18H,9-10,12-13H2,1-3H3. The van der Waals surface area contributed by atoms with Crippen LogP contribution in [0.25, 0.3) is 22.0 Å². The van der Waals surface area contributed by atoms with Crippen LogP contribution < -0.4 is 0 Å². The average molecular weight is 412 g/mol. The van der Waals surface area contributed by atoms with E-state index in [4.69, 9.17) is 16.4 Å². The van der Waals surface area contributed by atoms with Gasteiger partial charge >= 0.3 is 5.97 Å². The molecule has 1 aromatic carbocycles. The number of hydroxylamine groups is 2. The van der Waals surface area contributed by atoms with E-state index in [-0.39, 0.29) is 5.97 Å². The zero-order chi connectivity index (χ0) is 20.6. The highest BCUT2D eigenvalue weighted by Crippen LogP contribution is 2.35. The Kier molecular flexibility index (Phi) is 5.36. The van der Waals surface area contributed by atoms with Gasteiger partial charge in [-0.2, -0.15) is 0 Å². The van der Waals surface area contributed by atoms with Crippen molar-refractivity contribution in [1.82, 2.24) is 14.6 Å². The van der Waals surface area contributed by atoms with Crippen molar-refractivity contribution < 1.29 is 9.63 Å². The SMILES string of the molecule is CC(C)(C)C(=O)ON1CCC(n2cc(-c3ccc(Cl)cc3)c3cnccc32)CC1. The fourth-order valence-corrected chi connectivity index (χ4v) is 3.85. The fraction of sp³-hybridized carbons (Fsp3) is 0.391. The van der Waals surface area contributed by atoms with Crippen molar-refractivity contribution in [3.05, 3.63) is 53.9 Å². The van der Waals surface area contributed by atoms with Gasteiger partial charge in [-0.05, 0) is 57.4 Å². The molecular weight excluding hydrogens is 386 g/mol. The van der Waals surface area contributed by atoms with Gasteiger partial charge in [-0.1, -0.05) is 23.7 Å². The predicted octanol–water partition coefficient (Wildman–Crippen LogP) is 5.50. The lowest BCUT2D eigenvalue weighted by atomic mass is 9.98. The highest BCUT2D eigenvalue weighted by Gasteiger charge is 2.29. The molecular formula is C23H26ClN3O2. The highest BCUT2D eigenvalue weighted by atomic mass is 35.5. The Balaban J connectivity index is 1.56. The number of hydrogen-bond donors (Lipinski definition) is 0. The molecule has 3 aromatic rings. The van der Waals surface area contributed by atoms with Gasteiger partial charge in [0.15, 0.2) is 0 Å². The number of benzene rings is 1. The minimum Gasteiger partial charge on any atom is -0.367 e. The van der Waals surface area contributed by atoms with Crippen LogP contribution in [-0.4, -0.2) is 33.7 Å². The first-order valence-corrected chi connectivity index (χ1v) is 10.4. The number of pyridine rings is 1. The number of carbonyl (C=O) groups is 1. The monoisotopic (exact) mass is 411 g/mol. The minimum absolute atomic E-state index is 0.182. The summed E-state index contributed by atoms with van der Waals surface area (Å²) in [5.41, 5.74) is 2.97. The molecule has 0 amide bonds. The van der Waals surface area contributed by atoms with E-state index in [1.54, 1.807) is 5.06 Å². The van der Waals surface area contributed by atoms with E-state index in [1.165, 1.54) is 5.52 Å². The lowest BCUT2D eigenvalue weighted by molar-refractivity contribution is -0.205. The second-order valence-corrected chi connectivity index (χ2v) is 9.08. The number of hydrogen-bond acceptors (Lipinski definition) is 4. The molecule has 0 radical (unpaired) electrons. The second kappa shape index (κ2) is 7.81. The molecule has 0 saturated carbocycles. The summed E-state index contributed by atoms with van der Waals surface area (Å²) in [7, 11) is 0. The summed E-state index contributed by atoms with van der Waals surface area (Å²) in [6, 6.07) is 10.3. The van der Waals surface area contributed by atoms with Crippen LogP contribution >= 0.6 is 11.6 Å². The molecule has 0 bridgehead atoms. The van der Waals surface area contributed by atoms with Crippen LogP contribution in [0.3, 0.4) is 0 Å². The first kappa shape index (κ1) is 19.9. The fourth-order valence-electron chi connectivity index (χ4n) is 3.73. The lowest BCUT2D eigenvalue weighted by Gasteiger charge is -2.33. The minimum atomic E-state index is -0.492. The van der Waals surface area contributed by atoms with Crippen LogP contribution in [0.5, 0.6) is 0 Å². The van der Waals surface area contributed by atoms with Gasteiger partial charge in [0.1, 0.15) is 0 Å². The third kappa shape index (κ3) is 4.16. The van der Waals surface area contributed by atoms with Gasteiger partial charge in [0.25, 0.3) is 0 Å². The van der Waals surface area contributed by atoms with E-state index in [0.717, 1.165) is 47.5 Å². The number of carbonyl (C=O) groups excluding carboxylic acids is 1. The summed E-state index contributed by atoms with van der Waals surface area (Å²) >= 11 is 6.06. The normalized spacial score (nSPS) is 16.3. The Labute approximate surface area is 176 Å². The Morgan fingerprint density at radius 2 is 1.83 bits per heavy atom. The van der Waals surface area contributed by atoms with Crippen molar-refractivity contribution in [2.75, 3.05) is 13.1 Å². The van der Waals surface area contributed by atoms with E-state index in [1.807, 2.05) is 57.4 Å². The number of rotatable bonds is 3. The van der Waals surface area contributed by atoms with Crippen LogP contribution in [0.15, 0.2) is 48.9 Å². The first-order chi connectivity index (χ1) is 13.8. The number of piperidine rings is 1. The maximum Gasteiger partial charge on any atom is 0.330 e. The zero-order valence-corrected chi connectivity index (χ0v) is 17.8. The third-order valence-corrected chi connectivity index (χ3v) is 5.68. The Bertz CT molecular complexity index is 1010. The summed E-state index contributed by atoms with van der Waals surface area (Å²) in [6.45, 7) is 7.09. The van der Waals surface area contributed by atoms with Crippen molar-refractivity contribution in [3.63, 3.8) is 0 Å². The first-order valence-electron chi connectivity index (χ1n) is 10.0. The number of halogens is 1. The molecule has 3 heterocycles. The van der Waals surface area contributed by atoms with Crippen LogP contribution in [0.1, 0.15) is 39.7 Å². The molecule has 29 heavy (non-hydrogen) atoms. The molecule has 0 atom stereocenters. The summed E-state index contributed by atoms with van der Waals surface area (Å²) < 4.78 is 2.35. The largest absolute Gasteiger partial charge is 0.367 e. The maximum absolute atomic E-state index is 12.2. The van der Waals surface area contributed by atoms with Crippen molar-refractivity contribution in [2.24, 2.45) is 5.41 Å². The summed E-state index contributed by atoms with van der Waals surface area (Å²) in [5, 5.41) is 3.67. The van der Waals surface area contributed by atoms with Crippen LogP contribution in [0, 0.1) is 5.41 Å². The van der Waals surface area contributed by atoms with E-state index in [0.29, 0.717) is 6.04 Å². The van der Waals surface area contributed by atoms with Gasteiger partial charge in [-0.3, -0.25) is 4.98 Å². The van der Waals surface area contributed by atoms with Crippen molar-refractivity contribution >= 4 is 28.5 Å². The van der Waals surface area contributed by atoms with Gasteiger partial charge < -0.3 is 9.40 Å². The maximum atomic E-state index is 12.2. The molecule has 2 aromatic heterocycles. The Morgan fingerprint density at radius 3 is 2.48 bits per heavy atom. The molecule has 5 nitrogen and oxygen atoms in total. The van der Waals surface area contributed by atoms with Gasteiger partial charge in [-0.25, -0.2) is 4.79 Å². The van der Waals surface area contributed by atoms with Crippen LogP contribution in [-0.2, 0) is 9.63 Å². The molecule has 0 aliphatic carbocycles. The number of fused-ring (bicyclic) bond motifs is 1. The Morgan fingerprint density at radius 1 is 1.14 bits per heavy atom. The second-order valence-electron chi connectivity index (χ2n) is 8.64. The average Bonchev–Trinajstić information content (AvgIpc) is 3.08. The lowest BCUT2D eigenvalue weighted by Crippen LogP contribution is -2.39. The molecule has 0 spiro atoms. The number of nitrogens with zero attached hydrogens (tertiary/aromatic N) is 3. The molecule has 1 saturated heterocycles. The summed E-state index contributed by atoms with van der Waals surface area (Å²) in [4.78, 5) is 22.1. The smallest absolute Gasteiger partial charge is 0.330 e. The molecule has 152 valence electrons. The van der Waals surface area contributed by atoms with E-state index in [9.17, 15) is 4.79 Å². The molecule has 1 fully saturated rings. The van der Waals surface area contributed by atoms with Crippen molar-refractivity contribution in [2.45, 2.75) is 39.7 Å². The third-order valence-electron chi connectivity index (χ3n) is 5.43. The van der Waals surface area contributed by atoms with Gasteiger partial charge in [0.2, 0.25) is 0 Å². The van der Waals surface area contributed by atoms with Gasteiger partial charge in [0.05, 0.1) is 10.9 Å². The molecule has 0 N–H and O–H groups in total. The van der Waals surface area contributed by atoms with E-state index >= 15 is 0 Å². The molecule has 6 heteroatoms. The molecule has 1 aliphatic rings. The van der Waals surface area contributed by atoms with Gasteiger partial charge in [0, 0.05) is 53.7 Å². The predicted molar refractivity (Wildman–Crippen MR) is 116 cm³/mol. The van der Waals surface area contributed by atoms with Crippen LogP contribution in [0.2, 0.25) is 5.02 Å². The van der Waals surface area contributed by atoms with Crippen molar-refractivity contribution in [3.8, 4) is 11.1 Å². The summed E-state index contributed by atoms with van der Waals surface area (Å²) in [6.07, 6.45) is 7.82. The summed E-state index contributed by atoms with van der Waals surface area (Å²) in [5.74, 6) is -0.182. The Hall–Kier alpha value is -2.37. The van der Waals surface area contributed by atoms with Crippen molar-refractivity contribution in [1.29, 1.82) is 0 Å².